The molecule has 0 atom stereocenters. The quantitative estimate of drug-likeness (QED) is 0.732. The molecule has 0 saturated carbocycles. The van der Waals surface area contributed by atoms with Gasteiger partial charge in [0.15, 0.2) is 11.5 Å². The van der Waals surface area contributed by atoms with E-state index in [1.165, 1.54) is 18.3 Å². The molecular formula is C19H14FN3O2. The molecule has 3 aromatic rings. The van der Waals surface area contributed by atoms with Crippen LogP contribution in [-0.4, -0.2) is 18.8 Å². The van der Waals surface area contributed by atoms with Gasteiger partial charge in [0, 0.05) is 25.2 Å². The minimum Gasteiger partial charge on any atom is -0.454 e. The first-order valence-electron chi connectivity index (χ1n) is 7.74. The fourth-order valence-electron chi connectivity index (χ4n) is 3.04. The van der Waals surface area contributed by atoms with Crippen molar-refractivity contribution in [2.24, 2.45) is 0 Å². The maximum absolute atomic E-state index is 13.7. The molecule has 0 radical (unpaired) electrons. The Hall–Kier alpha value is -3.33. The van der Waals surface area contributed by atoms with Gasteiger partial charge < -0.3 is 14.4 Å². The summed E-state index contributed by atoms with van der Waals surface area (Å²) < 4.78 is 24.5. The van der Waals surface area contributed by atoms with Crippen molar-refractivity contribution in [3.05, 3.63) is 59.5 Å². The Kier molecular flexibility index (Phi) is 3.62. The van der Waals surface area contributed by atoms with Crippen molar-refractivity contribution in [2.45, 2.75) is 6.54 Å². The highest BCUT2D eigenvalue weighted by atomic mass is 19.1. The highest BCUT2D eigenvalue weighted by Gasteiger charge is 2.17. The summed E-state index contributed by atoms with van der Waals surface area (Å²) in [6.45, 7) is 0.752. The van der Waals surface area contributed by atoms with E-state index < -0.39 is 0 Å². The van der Waals surface area contributed by atoms with Gasteiger partial charge in [-0.3, -0.25) is 4.98 Å². The molecule has 0 fully saturated rings. The fraction of sp³-hybridized carbons (Fsp3) is 0.158. The van der Waals surface area contributed by atoms with Crippen molar-refractivity contribution in [1.82, 2.24) is 4.98 Å². The van der Waals surface area contributed by atoms with Gasteiger partial charge in [0.25, 0.3) is 0 Å². The third-order valence-electron chi connectivity index (χ3n) is 4.16. The van der Waals surface area contributed by atoms with E-state index in [0.29, 0.717) is 34.4 Å². The molecule has 0 unspecified atom stereocenters. The van der Waals surface area contributed by atoms with Crippen LogP contribution in [0, 0.1) is 17.1 Å². The van der Waals surface area contributed by atoms with Crippen LogP contribution in [0.1, 0.15) is 11.1 Å². The number of pyridine rings is 1. The summed E-state index contributed by atoms with van der Waals surface area (Å²) in [6, 6.07) is 12.3. The average molecular weight is 335 g/mol. The number of hydrogen-bond donors (Lipinski definition) is 0. The van der Waals surface area contributed by atoms with Crippen molar-refractivity contribution in [2.75, 3.05) is 18.7 Å². The summed E-state index contributed by atoms with van der Waals surface area (Å²) in [7, 11) is 1.87. The summed E-state index contributed by atoms with van der Waals surface area (Å²) in [5, 5.41) is 10.1. The number of hydrogen-bond acceptors (Lipinski definition) is 5. The van der Waals surface area contributed by atoms with Gasteiger partial charge >= 0.3 is 0 Å². The van der Waals surface area contributed by atoms with E-state index in [0.717, 1.165) is 11.3 Å². The molecule has 1 aliphatic rings. The molecule has 2 heterocycles. The number of fused-ring (bicyclic) bond motifs is 2. The molecule has 0 spiro atoms. The van der Waals surface area contributed by atoms with E-state index in [4.69, 9.17) is 9.47 Å². The molecule has 0 bridgehead atoms. The van der Waals surface area contributed by atoms with Crippen LogP contribution in [0.3, 0.4) is 0 Å². The Balaban J connectivity index is 1.75. The molecule has 5 nitrogen and oxygen atoms in total. The van der Waals surface area contributed by atoms with Gasteiger partial charge in [0.05, 0.1) is 16.8 Å². The highest BCUT2D eigenvalue weighted by molar-refractivity contribution is 5.94. The lowest BCUT2D eigenvalue weighted by Gasteiger charge is -2.22. The minimum absolute atomic E-state index is 0.224. The zero-order valence-electron chi connectivity index (χ0n) is 13.5. The zero-order chi connectivity index (χ0) is 17.4. The summed E-state index contributed by atoms with van der Waals surface area (Å²) in [5.41, 5.74) is 2.70. The predicted octanol–water partition coefficient (Wildman–Crippen LogP) is 3.61. The molecular weight excluding hydrogens is 321 g/mol. The van der Waals surface area contributed by atoms with Crippen LogP contribution in [-0.2, 0) is 6.54 Å². The molecule has 25 heavy (non-hydrogen) atoms. The molecule has 6 heteroatoms. The zero-order valence-corrected chi connectivity index (χ0v) is 13.5. The van der Waals surface area contributed by atoms with Crippen molar-refractivity contribution in [3.63, 3.8) is 0 Å². The standard InChI is InChI=1S/C19H14FN3O2/c1-23(10-12-2-5-17-18(6-12)25-11-24-17)19-13(8-21)9-22-16-4-3-14(20)7-15(16)19/h2-7,9H,10-11H2,1H3. The number of halogens is 1. The predicted molar refractivity (Wildman–Crippen MR) is 91.1 cm³/mol. The lowest BCUT2D eigenvalue weighted by atomic mass is 10.1. The first-order chi connectivity index (χ1) is 12.2. The van der Waals surface area contributed by atoms with Gasteiger partial charge in [-0.25, -0.2) is 4.39 Å². The van der Waals surface area contributed by atoms with Crippen molar-refractivity contribution in [1.29, 1.82) is 5.26 Å². The number of nitriles is 1. The van der Waals surface area contributed by atoms with Gasteiger partial charge in [-0.15, -0.1) is 0 Å². The van der Waals surface area contributed by atoms with Gasteiger partial charge in [-0.1, -0.05) is 6.07 Å². The average Bonchev–Trinajstić information content (AvgIpc) is 3.08. The second-order valence-corrected chi connectivity index (χ2v) is 5.84. The lowest BCUT2D eigenvalue weighted by Crippen LogP contribution is -2.18. The van der Waals surface area contributed by atoms with Gasteiger partial charge in [0.2, 0.25) is 6.79 Å². The Morgan fingerprint density at radius 3 is 2.88 bits per heavy atom. The Morgan fingerprint density at radius 2 is 2.04 bits per heavy atom. The van der Waals surface area contributed by atoms with Crippen LogP contribution in [0.25, 0.3) is 10.9 Å². The van der Waals surface area contributed by atoms with E-state index in [1.807, 2.05) is 30.1 Å². The van der Waals surface area contributed by atoms with Crippen molar-refractivity contribution >= 4 is 16.6 Å². The van der Waals surface area contributed by atoms with Crippen LogP contribution in [0.4, 0.5) is 10.1 Å². The van der Waals surface area contributed by atoms with E-state index in [9.17, 15) is 9.65 Å². The second kappa shape index (κ2) is 5.95. The summed E-state index contributed by atoms with van der Waals surface area (Å²) in [4.78, 5) is 6.15. The van der Waals surface area contributed by atoms with Crippen LogP contribution in [0.2, 0.25) is 0 Å². The lowest BCUT2D eigenvalue weighted by molar-refractivity contribution is 0.174. The molecule has 1 aromatic heterocycles. The minimum atomic E-state index is -0.359. The summed E-state index contributed by atoms with van der Waals surface area (Å²) in [5.74, 6) is 1.07. The van der Waals surface area contributed by atoms with E-state index in [1.54, 1.807) is 6.07 Å². The largest absolute Gasteiger partial charge is 0.454 e. The first kappa shape index (κ1) is 15.2. The topological polar surface area (TPSA) is 58.4 Å². The molecule has 124 valence electrons. The van der Waals surface area contributed by atoms with Crippen molar-refractivity contribution in [3.8, 4) is 17.6 Å². The van der Waals surface area contributed by atoms with Gasteiger partial charge in [0.1, 0.15) is 11.9 Å². The number of nitrogens with zero attached hydrogens (tertiary/aromatic N) is 3. The molecule has 4 rings (SSSR count). The summed E-state index contributed by atoms with van der Waals surface area (Å²) >= 11 is 0. The Bertz CT molecular complexity index is 1010. The fourth-order valence-corrected chi connectivity index (χ4v) is 3.04. The number of anilines is 1. The molecule has 1 aliphatic heterocycles. The Morgan fingerprint density at radius 1 is 1.20 bits per heavy atom. The molecule has 0 N–H and O–H groups in total. The van der Waals surface area contributed by atoms with Crippen LogP contribution in [0.15, 0.2) is 42.6 Å². The van der Waals surface area contributed by atoms with Crippen LogP contribution >= 0.6 is 0 Å². The molecule has 0 aliphatic carbocycles. The molecule has 0 saturated heterocycles. The number of aromatic nitrogens is 1. The number of rotatable bonds is 3. The maximum Gasteiger partial charge on any atom is 0.231 e. The van der Waals surface area contributed by atoms with Crippen LogP contribution < -0.4 is 14.4 Å². The van der Waals surface area contributed by atoms with Crippen molar-refractivity contribution < 1.29 is 13.9 Å². The first-order valence-corrected chi connectivity index (χ1v) is 7.74. The Labute approximate surface area is 143 Å². The summed E-state index contributed by atoms with van der Waals surface area (Å²) in [6.07, 6.45) is 1.52. The van der Waals surface area contributed by atoms with Gasteiger partial charge in [-0.05, 0) is 35.9 Å². The van der Waals surface area contributed by atoms with E-state index in [2.05, 4.69) is 11.1 Å². The second-order valence-electron chi connectivity index (χ2n) is 5.84. The van der Waals surface area contributed by atoms with Gasteiger partial charge in [-0.2, -0.15) is 5.26 Å². The van der Waals surface area contributed by atoms with E-state index in [-0.39, 0.29) is 12.6 Å². The normalized spacial score (nSPS) is 12.2. The third kappa shape index (κ3) is 2.70. The molecule has 2 aromatic carbocycles. The smallest absolute Gasteiger partial charge is 0.231 e. The maximum atomic E-state index is 13.7. The number of ether oxygens (including phenoxy) is 2. The van der Waals surface area contributed by atoms with E-state index >= 15 is 0 Å². The molecule has 0 amide bonds. The number of benzene rings is 2. The SMILES string of the molecule is CN(Cc1ccc2c(c1)OCO2)c1c(C#N)cnc2ccc(F)cc12. The monoisotopic (exact) mass is 335 g/mol. The van der Waals surface area contributed by atoms with Crippen LogP contribution in [0.5, 0.6) is 11.5 Å². The highest BCUT2D eigenvalue weighted by Crippen LogP contribution is 2.34. The third-order valence-corrected chi connectivity index (χ3v) is 4.16.